The third kappa shape index (κ3) is 2.75. The minimum atomic E-state index is -0.276. The summed E-state index contributed by atoms with van der Waals surface area (Å²) in [5, 5.41) is 0. The van der Waals surface area contributed by atoms with E-state index in [2.05, 4.69) is 0 Å². The van der Waals surface area contributed by atoms with Gasteiger partial charge in [0.05, 0.1) is 0 Å². The number of nitrogens with two attached hydrogens (primary N) is 1. The average Bonchev–Trinajstić information content (AvgIpc) is 1.67. The fourth-order valence-electron chi connectivity index (χ4n) is 0.335. The maximum atomic E-state index is 9.90. The summed E-state index contributed by atoms with van der Waals surface area (Å²) in [5.41, 5.74) is 5.32. The van der Waals surface area contributed by atoms with Gasteiger partial charge in [0.1, 0.15) is 6.29 Å². The zero-order valence-corrected chi connectivity index (χ0v) is 5.48. The van der Waals surface area contributed by atoms with Gasteiger partial charge < -0.3 is 10.5 Å². The van der Waals surface area contributed by atoms with E-state index in [4.69, 9.17) is 5.73 Å². The first-order chi connectivity index (χ1) is 3.62. The number of carbonyl (C=O) groups is 1. The van der Waals surface area contributed by atoms with Crippen molar-refractivity contribution in [3.8, 4) is 0 Å². The third-order valence-electron chi connectivity index (χ3n) is 1.36. The van der Waals surface area contributed by atoms with Crippen LogP contribution in [0.15, 0.2) is 0 Å². The first kappa shape index (κ1) is 7.63. The van der Waals surface area contributed by atoms with Gasteiger partial charge in [0.2, 0.25) is 0 Å². The Kier molecular flexibility index (Phi) is 2.69. The molecule has 0 unspecified atom stereocenters. The predicted molar refractivity (Wildman–Crippen MR) is 33.6 cm³/mol. The van der Waals surface area contributed by atoms with E-state index in [1.54, 1.807) is 0 Å². The molecule has 0 heterocycles. The summed E-state index contributed by atoms with van der Waals surface area (Å²) in [6.07, 6.45) is 2.18. The number of hydrogen-bond acceptors (Lipinski definition) is 2. The molecule has 0 aliphatic heterocycles. The number of hydrogen-bond donors (Lipinski definition) is 1. The van der Waals surface area contributed by atoms with Crippen LogP contribution in [0.3, 0.4) is 0 Å². The molecule has 0 aliphatic carbocycles. The van der Waals surface area contributed by atoms with Crippen LogP contribution in [0.2, 0.25) is 0 Å². The van der Waals surface area contributed by atoms with Gasteiger partial charge in [0.25, 0.3) is 0 Å². The number of rotatable bonds is 3. The first-order valence-corrected chi connectivity index (χ1v) is 2.85. The van der Waals surface area contributed by atoms with Gasteiger partial charge in [-0.1, -0.05) is 6.92 Å². The summed E-state index contributed by atoms with van der Waals surface area (Å²) in [4.78, 5) is 9.90. The Bertz CT molecular complexity index is 78.6. The van der Waals surface area contributed by atoms with Gasteiger partial charge in [0, 0.05) is 12.0 Å². The van der Waals surface area contributed by atoms with Crippen LogP contribution in [0.1, 0.15) is 26.7 Å². The highest BCUT2D eigenvalue weighted by atomic mass is 16.1. The summed E-state index contributed by atoms with van der Waals surface area (Å²) in [7, 11) is 0. The van der Waals surface area contributed by atoms with Crippen LogP contribution < -0.4 is 5.73 Å². The van der Waals surface area contributed by atoms with Crippen LogP contribution in [-0.2, 0) is 4.79 Å². The lowest BCUT2D eigenvalue weighted by molar-refractivity contribution is -0.108. The molecule has 0 aromatic carbocycles. The average molecular weight is 115 g/mol. The Morgan fingerprint density at radius 3 is 2.38 bits per heavy atom. The maximum absolute atomic E-state index is 9.90. The minimum Gasteiger partial charge on any atom is -0.325 e. The summed E-state index contributed by atoms with van der Waals surface area (Å²) in [5.74, 6) is 0. The van der Waals surface area contributed by atoms with Crippen LogP contribution in [0, 0.1) is 0 Å². The summed E-state index contributed by atoms with van der Waals surface area (Å²) in [6, 6.07) is 0. The zero-order valence-electron chi connectivity index (χ0n) is 5.48. The van der Waals surface area contributed by atoms with Crippen LogP contribution in [0.4, 0.5) is 0 Å². The smallest absolute Gasteiger partial charge is 0.121 e. The molecule has 8 heavy (non-hydrogen) atoms. The van der Waals surface area contributed by atoms with E-state index in [1.807, 2.05) is 13.8 Å². The van der Waals surface area contributed by atoms with E-state index < -0.39 is 0 Å². The van der Waals surface area contributed by atoms with E-state index in [1.165, 1.54) is 0 Å². The van der Waals surface area contributed by atoms with E-state index >= 15 is 0 Å². The molecule has 0 saturated heterocycles. The number of aldehydes is 1. The van der Waals surface area contributed by atoms with Crippen molar-refractivity contribution in [3.63, 3.8) is 0 Å². The van der Waals surface area contributed by atoms with Gasteiger partial charge >= 0.3 is 0 Å². The second kappa shape index (κ2) is 2.82. The Morgan fingerprint density at radius 2 is 2.25 bits per heavy atom. The van der Waals surface area contributed by atoms with Crippen molar-refractivity contribution in [1.82, 2.24) is 0 Å². The van der Waals surface area contributed by atoms with Gasteiger partial charge in [-0.15, -0.1) is 0 Å². The Hall–Kier alpha value is -0.370. The standard InChI is InChI=1S/C6H13NO/c1-3-6(2,7)4-5-8/h5H,3-4,7H2,1-2H3/t6-/m0/s1. The van der Waals surface area contributed by atoms with Crippen molar-refractivity contribution in [3.05, 3.63) is 0 Å². The minimum absolute atomic E-state index is 0.276. The topological polar surface area (TPSA) is 43.1 Å². The molecule has 0 radical (unpaired) electrons. The van der Waals surface area contributed by atoms with Crippen molar-refractivity contribution in [2.75, 3.05) is 0 Å². The highest BCUT2D eigenvalue weighted by molar-refractivity contribution is 5.51. The SMILES string of the molecule is CC[C@](C)(N)CC=O. The molecule has 0 aromatic rings. The highest BCUT2D eigenvalue weighted by Crippen LogP contribution is 2.06. The molecular formula is C6H13NO. The lowest BCUT2D eigenvalue weighted by Gasteiger charge is -2.18. The van der Waals surface area contributed by atoms with Gasteiger partial charge in [0.15, 0.2) is 0 Å². The quantitative estimate of drug-likeness (QED) is 0.550. The van der Waals surface area contributed by atoms with Crippen molar-refractivity contribution in [2.24, 2.45) is 5.73 Å². The first-order valence-electron chi connectivity index (χ1n) is 2.85. The van der Waals surface area contributed by atoms with Crippen LogP contribution in [0.5, 0.6) is 0 Å². The largest absolute Gasteiger partial charge is 0.325 e. The summed E-state index contributed by atoms with van der Waals surface area (Å²) in [6.45, 7) is 3.85. The maximum Gasteiger partial charge on any atom is 0.121 e. The molecule has 0 spiro atoms. The second-order valence-corrected chi connectivity index (χ2v) is 2.38. The Balaban J connectivity index is 3.53. The van der Waals surface area contributed by atoms with Crippen molar-refractivity contribution in [1.29, 1.82) is 0 Å². The second-order valence-electron chi connectivity index (χ2n) is 2.38. The molecule has 0 fully saturated rings. The molecule has 2 nitrogen and oxygen atoms in total. The molecule has 0 rings (SSSR count). The van der Waals surface area contributed by atoms with Gasteiger partial charge in [-0.3, -0.25) is 0 Å². The predicted octanol–water partition coefficient (Wildman–Crippen LogP) is 0.703. The van der Waals surface area contributed by atoms with Crippen LogP contribution in [-0.4, -0.2) is 11.8 Å². The van der Waals surface area contributed by atoms with Crippen molar-refractivity contribution < 1.29 is 4.79 Å². The lowest BCUT2D eigenvalue weighted by Crippen LogP contribution is -2.35. The lowest BCUT2D eigenvalue weighted by atomic mass is 9.97. The van der Waals surface area contributed by atoms with E-state index in [0.717, 1.165) is 12.7 Å². The molecule has 0 aromatic heterocycles. The van der Waals surface area contributed by atoms with E-state index in [-0.39, 0.29) is 5.54 Å². The van der Waals surface area contributed by atoms with Crippen LogP contribution >= 0.6 is 0 Å². The van der Waals surface area contributed by atoms with E-state index in [0.29, 0.717) is 6.42 Å². The van der Waals surface area contributed by atoms with Crippen molar-refractivity contribution >= 4 is 6.29 Å². The van der Waals surface area contributed by atoms with Crippen molar-refractivity contribution in [2.45, 2.75) is 32.2 Å². The summed E-state index contributed by atoms with van der Waals surface area (Å²) < 4.78 is 0. The molecule has 2 N–H and O–H groups in total. The summed E-state index contributed by atoms with van der Waals surface area (Å²) >= 11 is 0. The third-order valence-corrected chi connectivity index (χ3v) is 1.36. The molecule has 2 heteroatoms. The van der Waals surface area contributed by atoms with Gasteiger partial charge in [-0.25, -0.2) is 0 Å². The molecule has 0 aliphatic rings. The zero-order chi connectivity index (χ0) is 6.62. The molecule has 1 atom stereocenters. The van der Waals surface area contributed by atoms with Gasteiger partial charge in [-0.05, 0) is 13.3 Å². The van der Waals surface area contributed by atoms with E-state index in [9.17, 15) is 4.79 Å². The molecule has 0 bridgehead atoms. The van der Waals surface area contributed by atoms with Crippen LogP contribution in [0.25, 0.3) is 0 Å². The fourth-order valence-corrected chi connectivity index (χ4v) is 0.335. The monoisotopic (exact) mass is 115 g/mol. The molecule has 0 amide bonds. The van der Waals surface area contributed by atoms with Gasteiger partial charge in [-0.2, -0.15) is 0 Å². The molecular weight excluding hydrogens is 102 g/mol. The highest BCUT2D eigenvalue weighted by Gasteiger charge is 2.13. The Labute approximate surface area is 50.1 Å². The fraction of sp³-hybridized carbons (Fsp3) is 0.833. The number of carbonyl (C=O) groups excluding carboxylic acids is 1. The Morgan fingerprint density at radius 1 is 1.75 bits per heavy atom. The normalized spacial score (nSPS) is 17.4. The molecule has 0 saturated carbocycles. The molecule has 48 valence electrons.